The van der Waals surface area contributed by atoms with E-state index in [1.165, 1.54) is 23.8 Å². The number of nitrogens with zero attached hydrogens (tertiary/aromatic N) is 2. The minimum atomic E-state index is -0.558. The zero-order valence-electron chi connectivity index (χ0n) is 17.6. The SMILES string of the molecule is CC(C)c1ccc(C2c3c(oc4ccc(F)cc4c3=O)C(=O)N2CCN(C)C)cc1. The molecule has 1 unspecified atom stereocenters. The molecule has 3 aromatic rings. The van der Waals surface area contributed by atoms with Crippen LogP contribution in [0.2, 0.25) is 0 Å². The first kappa shape index (κ1) is 20.3. The molecule has 0 spiro atoms. The zero-order valence-corrected chi connectivity index (χ0v) is 17.6. The molecule has 0 bridgehead atoms. The van der Waals surface area contributed by atoms with Crippen molar-refractivity contribution >= 4 is 16.9 Å². The van der Waals surface area contributed by atoms with Crippen LogP contribution in [0.1, 0.15) is 53.1 Å². The highest BCUT2D eigenvalue weighted by Crippen LogP contribution is 2.38. The summed E-state index contributed by atoms with van der Waals surface area (Å²) in [4.78, 5) is 30.2. The van der Waals surface area contributed by atoms with Crippen molar-refractivity contribution in [3.8, 4) is 0 Å². The van der Waals surface area contributed by atoms with E-state index in [1.54, 1.807) is 4.90 Å². The molecule has 2 heterocycles. The van der Waals surface area contributed by atoms with Gasteiger partial charge in [-0.3, -0.25) is 9.59 Å². The largest absolute Gasteiger partial charge is 0.450 e. The Bertz CT molecular complexity index is 1170. The second kappa shape index (κ2) is 7.69. The van der Waals surface area contributed by atoms with Crippen LogP contribution in [-0.4, -0.2) is 42.9 Å². The first-order valence-corrected chi connectivity index (χ1v) is 10.1. The van der Waals surface area contributed by atoms with Crippen LogP contribution in [0.15, 0.2) is 51.7 Å². The molecule has 1 aliphatic rings. The van der Waals surface area contributed by atoms with E-state index in [4.69, 9.17) is 4.42 Å². The van der Waals surface area contributed by atoms with Crippen LogP contribution < -0.4 is 5.43 Å². The quantitative estimate of drug-likeness (QED) is 0.636. The molecule has 0 fully saturated rings. The van der Waals surface area contributed by atoms with Crippen LogP contribution >= 0.6 is 0 Å². The van der Waals surface area contributed by atoms with Gasteiger partial charge >= 0.3 is 0 Å². The first-order chi connectivity index (χ1) is 14.3. The third kappa shape index (κ3) is 3.41. The van der Waals surface area contributed by atoms with Crippen molar-refractivity contribution in [3.63, 3.8) is 0 Å². The van der Waals surface area contributed by atoms with Gasteiger partial charge in [0.05, 0.1) is 17.0 Å². The van der Waals surface area contributed by atoms with Gasteiger partial charge in [-0.25, -0.2) is 4.39 Å². The summed E-state index contributed by atoms with van der Waals surface area (Å²) < 4.78 is 19.6. The number of fused-ring (bicyclic) bond motifs is 2. The van der Waals surface area contributed by atoms with Gasteiger partial charge in [0.1, 0.15) is 11.4 Å². The van der Waals surface area contributed by atoms with Gasteiger partial charge in [-0.05, 0) is 49.3 Å². The van der Waals surface area contributed by atoms with Gasteiger partial charge in [0.2, 0.25) is 5.76 Å². The van der Waals surface area contributed by atoms with Gasteiger partial charge in [-0.2, -0.15) is 0 Å². The number of carbonyl (C=O) groups is 1. The number of rotatable bonds is 5. The smallest absolute Gasteiger partial charge is 0.290 e. The van der Waals surface area contributed by atoms with E-state index in [2.05, 4.69) is 13.8 Å². The first-order valence-electron chi connectivity index (χ1n) is 10.1. The van der Waals surface area contributed by atoms with E-state index < -0.39 is 11.9 Å². The Morgan fingerprint density at radius 1 is 1.10 bits per heavy atom. The second-order valence-corrected chi connectivity index (χ2v) is 8.34. The summed E-state index contributed by atoms with van der Waals surface area (Å²) in [6.45, 7) is 5.31. The predicted octanol–water partition coefficient (Wildman–Crippen LogP) is 4.16. The molecule has 4 rings (SSSR count). The molecular weight excluding hydrogens is 383 g/mol. The van der Waals surface area contributed by atoms with E-state index in [0.717, 1.165) is 5.56 Å². The van der Waals surface area contributed by atoms with Gasteiger partial charge < -0.3 is 14.2 Å². The third-order valence-corrected chi connectivity index (χ3v) is 5.63. The van der Waals surface area contributed by atoms with Crippen LogP contribution in [0.4, 0.5) is 4.39 Å². The Morgan fingerprint density at radius 2 is 1.80 bits per heavy atom. The van der Waals surface area contributed by atoms with E-state index in [0.29, 0.717) is 19.0 Å². The average Bonchev–Trinajstić information content (AvgIpc) is 2.99. The standard InChI is InChI=1S/C24H25FN2O3/c1-14(2)15-5-7-16(8-6-15)21-20-22(28)18-13-17(25)9-10-19(18)30-23(20)24(29)27(21)12-11-26(3)4/h5-10,13-14,21H,11-12H2,1-4H3. The van der Waals surface area contributed by atoms with Crippen molar-refractivity contribution < 1.29 is 13.6 Å². The van der Waals surface area contributed by atoms with Crippen molar-refractivity contribution in [2.24, 2.45) is 0 Å². The highest BCUT2D eigenvalue weighted by Gasteiger charge is 2.42. The molecule has 1 aromatic heterocycles. The summed E-state index contributed by atoms with van der Waals surface area (Å²) in [5.74, 6) is -0.399. The van der Waals surface area contributed by atoms with Crippen LogP contribution in [0.5, 0.6) is 0 Å². The topological polar surface area (TPSA) is 53.8 Å². The van der Waals surface area contributed by atoms with E-state index in [9.17, 15) is 14.0 Å². The fraction of sp³-hybridized carbons (Fsp3) is 0.333. The predicted molar refractivity (Wildman–Crippen MR) is 114 cm³/mol. The van der Waals surface area contributed by atoms with Crippen molar-refractivity contribution in [2.75, 3.05) is 27.2 Å². The molecule has 0 radical (unpaired) electrons. The van der Waals surface area contributed by atoms with Crippen molar-refractivity contribution in [3.05, 3.63) is 81.0 Å². The molecule has 0 N–H and O–H groups in total. The van der Waals surface area contributed by atoms with Crippen LogP contribution in [0.3, 0.4) is 0 Å². The molecule has 30 heavy (non-hydrogen) atoms. The molecule has 156 valence electrons. The Kier molecular flexibility index (Phi) is 5.20. The number of likely N-dealkylation sites (N-methyl/N-ethyl adjacent to an activating group) is 1. The maximum absolute atomic E-state index is 13.8. The maximum Gasteiger partial charge on any atom is 0.290 e. The van der Waals surface area contributed by atoms with Crippen LogP contribution in [-0.2, 0) is 0 Å². The number of amides is 1. The van der Waals surface area contributed by atoms with E-state index >= 15 is 0 Å². The number of benzene rings is 2. The fourth-order valence-corrected chi connectivity index (χ4v) is 3.94. The Balaban J connectivity index is 1.91. The number of hydrogen-bond donors (Lipinski definition) is 0. The number of hydrogen-bond acceptors (Lipinski definition) is 4. The molecule has 2 aromatic carbocycles. The summed E-state index contributed by atoms with van der Waals surface area (Å²) in [5, 5.41) is 0.153. The van der Waals surface area contributed by atoms with E-state index in [-0.39, 0.29) is 33.6 Å². The van der Waals surface area contributed by atoms with Gasteiger partial charge in [0.15, 0.2) is 5.43 Å². The Morgan fingerprint density at radius 3 is 2.43 bits per heavy atom. The van der Waals surface area contributed by atoms with Crippen molar-refractivity contribution in [2.45, 2.75) is 25.8 Å². The maximum atomic E-state index is 13.8. The van der Waals surface area contributed by atoms with Crippen LogP contribution in [0, 0.1) is 5.82 Å². The lowest BCUT2D eigenvalue weighted by molar-refractivity contribution is 0.0716. The summed E-state index contributed by atoms with van der Waals surface area (Å²) in [6, 6.07) is 11.2. The number of carbonyl (C=O) groups excluding carboxylic acids is 1. The van der Waals surface area contributed by atoms with Gasteiger partial charge in [0.25, 0.3) is 5.91 Å². The lowest BCUT2D eigenvalue weighted by atomic mass is 9.95. The molecule has 0 aliphatic carbocycles. The average molecular weight is 408 g/mol. The summed E-state index contributed by atoms with van der Waals surface area (Å²) >= 11 is 0. The number of halogens is 1. The molecule has 1 atom stereocenters. The third-order valence-electron chi connectivity index (χ3n) is 5.63. The molecule has 5 nitrogen and oxygen atoms in total. The Hall–Kier alpha value is -2.99. The molecule has 0 saturated heterocycles. The fourth-order valence-electron chi connectivity index (χ4n) is 3.94. The van der Waals surface area contributed by atoms with Gasteiger partial charge in [0, 0.05) is 13.1 Å². The molecule has 6 heteroatoms. The normalized spacial score (nSPS) is 16.2. The minimum Gasteiger partial charge on any atom is -0.450 e. The van der Waals surface area contributed by atoms with Gasteiger partial charge in [-0.1, -0.05) is 38.1 Å². The van der Waals surface area contributed by atoms with Crippen molar-refractivity contribution in [1.29, 1.82) is 0 Å². The lowest BCUT2D eigenvalue weighted by Gasteiger charge is -2.26. The summed E-state index contributed by atoms with van der Waals surface area (Å²) in [7, 11) is 3.86. The second-order valence-electron chi connectivity index (χ2n) is 8.34. The van der Waals surface area contributed by atoms with Crippen LogP contribution in [0.25, 0.3) is 11.0 Å². The highest BCUT2D eigenvalue weighted by molar-refractivity contribution is 5.99. The zero-order chi connectivity index (χ0) is 21.6. The lowest BCUT2D eigenvalue weighted by Crippen LogP contribution is -2.35. The summed E-state index contributed by atoms with van der Waals surface area (Å²) in [6.07, 6.45) is 0. The molecular formula is C24H25FN2O3. The monoisotopic (exact) mass is 408 g/mol. The highest BCUT2D eigenvalue weighted by atomic mass is 19.1. The molecule has 1 aliphatic heterocycles. The Labute approximate surface area is 174 Å². The summed E-state index contributed by atoms with van der Waals surface area (Å²) in [5.41, 5.74) is 2.17. The molecule has 0 saturated carbocycles. The van der Waals surface area contributed by atoms with E-state index in [1.807, 2.05) is 43.3 Å². The molecule has 1 amide bonds. The minimum absolute atomic E-state index is 0.0517. The van der Waals surface area contributed by atoms with Gasteiger partial charge in [-0.15, -0.1) is 0 Å². The van der Waals surface area contributed by atoms with Crippen molar-refractivity contribution in [1.82, 2.24) is 9.80 Å².